The standard InChI is InChI=1S/C29H30N4O4/c1-17-9-10-21-18(13-17)11-12-33(29(36)24-15-22-23(32-24)6-4-8-26(22)37-2)27(21)28(35)31-20(16-30)14-19-5-3-7-25(19)34/h4,6,8-10,13,15,19-20,27,32H,3,5,7,11-12,14H2,1-2H3,(H,31,35)/t19-,20-,27?/m0/s1. The normalized spacial score (nSPS) is 19.8. The van der Waals surface area contributed by atoms with E-state index in [4.69, 9.17) is 4.74 Å². The van der Waals surface area contributed by atoms with E-state index in [9.17, 15) is 19.6 Å². The van der Waals surface area contributed by atoms with E-state index in [1.165, 1.54) is 0 Å². The van der Waals surface area contributed by atoms with Gasteiger partial charge < -0.3 is 19.9 Å². The van der Waals surface area contributed by atoms with Crippen LogP contribution in [0.1, 0.15) is 58.9 Å². The van der Waals surface area contributed by atoms with Crippen LogP contribution < -0.4 is 10.1 Å². The van der Waals surface area contributed by atoms with Crippen molar-refractivity contribution in [3.63, 3.8) is 0 Å². The molecule has 0 radical (unpaired) electrons. The molecule has 1 saturated carbocycles. The van der Waals surface area contributed by atoms with Crippen LogP contribution in [0.15, 0.2) is 42.5 Å². The maximum Gasteiger partial charge on any atom is 0.271 e. The molecule has 1 unspecified atom stereocenters. The lowest BCUT2D eigenvalue weighted by Gasteiger charge is -2.36. The molecular weight excluding hydrogens is 468 g/mol. The molecule has 5 rings (SSSR count). The molecular formula is C29H30N4O4. The zero-order valence-corrected chi connectivity index (χ0v) is 21.0. The molecule has 8 nitrogen and oxygen atoms in total. The van der Waals surface area contributed by atoms with Crippen LogP contribution in [0.4, 0.5) is 0 Å². The highest BCUT2D eigenvalue weighted by atomic mass is 16.5. The van der Waals surface area contributed by atoms with Crippen LogP contribution in [0.2, 0.25) is 0 Å². The molecule has 0 spiro atoms. The van der Waals surface area contributed by atoms with Crippen LogP contribution in [0, 0.1) is 24.2 Å². The van der Waals surface area contributed by atoms with Crippen molar-refractivity contribution in [2.45, 2.75) is 51.1 Å². The van der Waals surface area contributed by atoms with Crippen LogP contribution in [0.25, 0.3) is 10.9 Å². The number of aromatic amines is 1. The number of nitrogens with zero attached hydrogens (tertiary/aromatic N) is 2. The molecule has 1 aliphatic carbocycles. The summed E-state index contributed by atoms with van der Waals surface area (Å²) in [5.74, 6) is -0.114. The SMILES string of the molecule is COc1cccc2[nH]c(C(=O)N3CCc4cc(C)ccc4C3C(=O)N[C@H](C#N)C[C@@H]3CCCC3=O)cc12. The highest BCUT2D eigenvalue weighted by Crippen LogP contribution is 2.34. The summed E-state index contributed by atoms with van der Waals surface area (Å²) in [5.41, 5.74) is 3.98. The van der Waals surface area contributed by atoms with Gasteiger partial charge in [-0.2, -0.15) is 5.26 Å². The van der Waals surface area contributed by atoms with Crippen molar-refractivity contribution >= 4 is 28.5 Å². The molecule has 0 saturated heterocycles. The first-order valence-electron chi connectivity index (χ1n) is 12.7. The number of ether oxygens (including phenoxy) is 1. The molecule has 2 amide bonds. The number of hydrogen-bond acceptors (Lipinski definition) is 5. The third kappa shape index (κ3) is 4.69. The number of carbonyl (C=O) groups is 3. The first-order valence-corrected chi connectivity index (χ1v) is 12.7. The van der Waals surface area contributed by atoms with Crippen molar-refractivity contribution in [3.8, 4) is 11.8 Å². The molecule has 2 aromatic carbocycles. The molecule has 2 heterocycles. The van der Waals surface area contributed by atoms with E-state index < -0.39 is 18.0 Å². The van der Waals surface area contributed by atoms with E-state index in [-0.39, 0.29) is 17.6 Å². The molecule has 1 fully saturated rings. The van der Waals surface area contributed by atoms with Crippen molar-refractivity contribution in [2.24, 2.45) is 5.92 Å². The number of nitriles is 1. The number of rotatable bonds is 6. The van der Waals surface area contributed by atoms with Crippen molar-refractivity contribution < 1.29 is 19.1 Å². The number of H-pyrrole nitrogens is 1. The van der Waals surface area contributed by atoms with Crippen LogP contribution in [0.5, 0.6) is 5.75 Å². The summed E-state index contributed by atoms with van der Waals surface area (Å²) < 4.78 is 5.44. The minimum absolute atomic E-state index is 0.152. The van der Waals surface area contributed by atoms with Gasteiger partial charge in [-0.25, -0.2) is 0 Å². The summed E-state index contributed by atoms with van der Waals surface area (Å²) >= 11 is 0. The minimum Gasteiger partial charge on any atom is -0.496 e. The first-order chi connectivity index (χ1) is 17.9. The number of carbonyl (C=O) groups excluding carboxylic acids is 3. The van der Waals surface area contributed by atoms with Gasteiger partial charge in [0, 0.05) is 29.8 Å². The van der Waals surface area contributed by atoms with Crippen LogP contribution in [-0.2, 0) is 16.0 Å². The summed E-state index contributed by atoms with van der Waals surface area (Å²) in [6.07, 6.45) is 3.01. The number of benzene rings is 2. The highest BCUT2D eigenvalue weighted by molar-refractivity contribution is 6.02. The third-order valence-corrected chi connectivity index (χ3v) is 7.53. The Kier molecular flexibility index (Phi) is 6.70. The average molecular weight is 499 g/mol. The Hall–Kier alpha value is -4.12. The molecule has 0 bridgehead atoms. The number of aromatic nitrogens is 1. The maximum atomic E-state index is 13.8. The second-order valence-electron chi connectivity index (χ2n) is 9.94. The van der Waals surface area contributed by atoms with Crippen LogP contribution >= 0.6 is 0 Å². The first kappa shape index (κ1) is 24.6. The zero-order chi connectivity index (χ0) is 26.1. The largest absolute Gasteiger partial charge is 0.496 e. The number of aryl methyl sites for hydroxylation is 1. The van der Waals surface area contributed by atoms with Gasteiger partial charge in [-0.1, -0.05) is 29.8 Å². The lowest BCUT2D eigenvalue weighted by Crippen LogP contribution is -2.49. The van der Waals surface area contributed by atoms with Crippen molar-refractivity contribution in [2.75, 3.05) is 13.7 Å². The number of fused-ring (bicyclic) bond motifs is 2. The van der Waals surface area contributed by atoms with Crippen molar-refractivity contribution in [1.82, 2.24) is 15.2 Å². The second-order valence-corrected chi connectivity index (χ2v) is 9.94. The number of hydrogen-bond donors (Lipinski definition) is 2. The van der Waals surface area contributed by atoms with E-state index in [1.54, 1.807) is 18.1 Å². The van der Waals surface area contributed by atoms with Gasteiger partial charge in [-0.3, -0.25) is 14.4 Å². The quantitative estimate of drug-likeness (QED) is 0.533. The zero-order valence-electron chi connectivity index (χ0n) is 21.0. The molecule has 3 aromatic rings. The van der Waals surface area contributed by atoms with Gasteiger partial charge in [-0.15, -0.1) is 0 Å². The maximum absolute atomic E-state index is 13.8. The summed E-state index contributed by atoms with van der Waals surface area (Å²) in [7, 11) is 1.58. The summed E-state index contributed by atoms with van der Waals surface area (Å²) in [4.78, 5) is 44.4. The number of methoxy groups -OCH3 is 1. The fourth-order valence-corrected chi connectivity index (χ4v) is 5.65. The lowest BCUT2D eigenvalue weighted by molar-refractivity contribution is -0.127. The van der Waals surface area contributed by atoms with Gasteiger partial charge >= 0.3 is 0 Å². The molecule has 2 aliphatic rings. The molecule has 2 N–H and O–H groups in total. The Balaban J connectivity index is 1.46. The van der Waals surface area contributed by atoms with E-state index in [2.05, 4.69) is 16.4 Å². The van der Waals surface area contributed by atoms with E-state index in [0.717, 1.165) is 40.4 Å². The van der Waals surface area contributed by atoms with E-state index in [1.807, 2.05) is 43.3 Å². The number of nitrogens with one attached hydrogen (secondary N) is 2. The Morgan fingerprint density at radius 1 is 1.24 bits per heavy atom. The van der Waals surface area contributed by atoms with Gasteiger partial charge in [0.1, 0.15) is 29.3 Å². The summed E-state index contributed by atoms with van der Waals surface area (Å²) in [6.45, 7) is 2.35. The molecule has 37 heavy (non-hydrogen) atoms. The van der Waals surface area contributed by atoms with Gasteiger partial charge in [0.05, 0.1) is 13.2 Å². The number of ketones is 1. The Bertz CT molecular complexity index is 1420. The van der Waals surface area contributed by atoms with E-state index in [0.29, 0.717) is 37.3 Å². The topological polar surface area (TPSA) is 115 Å². The predicted molar refractivity (Wildman–Crippen MR) is 138 cm³/mol. The monoisotopic (exact) mass is 498 g/mol. The highest BCUT2D eigenvalue weighted by Gasteiger charge is 2.38. The molecule has 8 heteroatoms. The van der Waals surface area contributed by atoms with Gasteiger partial charge in [0.15, 0.2) is 0 Å². The molecule has 1 aromatic heterocycles. The Morgan fingerprint density at radius 3 is 2.81 bits per heavy atom. The molecule has 190 valence electrons. The molecule has 1 aliphatic heterocycles. The van der Waals surface area contributed by atoms with E-state index >= 15 is 0 Å². The second kappa shape index (κ2) is 10.1. The van der Waals surface area contributed by atoms with Crippen molar-refractivity contribution in [1.29, 1.82) is 5.26 Å². The predicted octanol–water partition coefficient (Wildman–Crippen LogP) is 3.99. The fourth-order valence-electron chi connectivity index (χ4n) is 5.65. The molecule has 3 atom stereocenters. The van der Waals surface area contributed by atoms with Crippen LogP contribution in [0.3, 0.4) is 0 Å². The average Bonchev–Trinajstić information content (AvgIpc) is 3.52. The number of amides is 2. The lowest BCUT2D eigenvalue weighted by atomic mass is 9.90. The Labute approximate surface area is 215 Å². The van der Waals surface area contributed by atoms with Crippen molar-refractivity contribution in [3.05, 3.63) is 64.8 Å². The Morgan fingerprint density at radius 2 is 2.08 bits per heavy atom. The minimum atomic E-state index is -0.889. The van der Waals surface area contributed by atoms with Gasteiger partial charge in [0.25, 0.3) is 5.91 Å². The summed E-state index contributed by atoms with van der Waals surface area (Å²) in [6, 6.07) is 13.6. The van der Waals surface area contributed by atoms with Gasteiger partial charge in [-0.05, 0) is 61.9 Å². The van der Waals surface area contributed by atoms with Crippen LogP contribution in [-0.4, -0.2) is 47.2 Å². The fraction of sp³-hybridized carbons (Fsp3) is 0.379. The third-order valence-electron chi connectivity index (χ3n) is 7.53. The van der Waals surface area contributed by atoms with Gasteiger partial charge in [0.2, 0.25) is 5.91 Å². The number of Topliss-reactive ketones (excluding diaryl/α,β-unsaturated/α-hetero) is 1. The smallest absolute Gasteiger partial charge is 0.271 e. The summed E-state index contributed by atoms with van der Waals surface area (Å²) in [5, 5.41) is 13.4.